The van der Waals surface area contributed by atoms with Crippen LogP contribution in [0.4, 0.5) is 13.2 Å². The maximum atomic E-state index is 12.6. The average molecular weight is 180 g/mol. The van der Waals surface area contributed by atoms with Crippen molar-refractivity contribution >= 4 is 10.8 Å². The van der Waals surface area contributed by atoms with E-state index in [9.17, 15) is 13.2 Å². The number of hydrogen-bond donors (Lipinski definition) is 0. The number of hydrogen-bond acceptors (Lipinski definition) is 0. The van der Waals surface area contributed by atoms with Gasteiger partial charge in [0.25, 0.3) is 0 Å². The van der Waals surface area contributed by atoms with E-state index in [4.69, 9.17) is 0 Å². The first-order chi connectivity index (χ1) is 6.16. The molecule has 0 heterocycles. The molecule has 0 amide bonds. The van der Waals surface area contributed by atoms with Crippen LogP contribution in [-0.4, -0.2) is 0 Å². The van der Waals surface area contributed by atoms with Gasteiger partial charge < -0.3 is 0 Å². The summed E-state index contributed by atoms with van der Waals surface area (Å²) in [5.41, 5.74) is 0. The van der Waals surface area contributed by atoms with Gasteiger partial charge in [0.1, 0.15) is 5.82 Å². The van der Waals surface area contributed by atoms with E-state index in [2.05, 4.69) is 12.1 Å². The smallest absolute Gasteiger partial charge is 0.167 e. The lowest BCUT2D eigenvalue weighted by Gasteiger charge is -1.97. The van der Waals surface area contributed by atoms with Gasteiger partial charge in [-0.25, -0.2) is 13.2 Å². The fourth-order valence-electron chi connectivity index (χ4n) is 1.07. The van der Waals surface area contributed by atoms with E-state index in [0.29, 0.717) is 5.39 Å². The van der Waals surface area contributed by atoms with E-state index in [1.54, 1.807) is 0 Å². The summed E-state index contributed by atoms with van der Waals surface area (Å²) in [7, 11) is 0. The lowest BCUT2D eigenvalue weighted by atomic mass is 10.1. The quantitative estimate of drug-likeness (QED) is 0.584. The van der Waals surface area contributed by atoms with Crippen LogP contribution >= 0.6 is 0 Å². The van der Waals surface area contributed by atoms with E-state index >= 15 is 0 Å². The molecule has 2 aromatic rings. The van der Waals surface area contributed by atoms with Crippen molar-refractivity contribution in [1.29, 1.82) is 0 Å². The number of rotatable bonds is 0. The van der Waals surface area contributed by atoms with Crippen molar-refractivity contribution in [3.05, 3.63) is 47.8 Å². The Bertz CT molecular complexity index is 463. The first kappa shape index (κ1) is 8.10. The second-order valence-corrected chi connectivity index (χ2v) is 2.56. The van der Waals surface area contributed by atoms with Crippen LogP contribution in [0.5, 0.6) is 0 Å². The summed E-state index contributed by atoms with van der Waals surface area (Å²) < 4.78 is 37.8. The molecule has 0 saturated heterocycles. The molecule has 0 atom stereocenters. The third kappa shape index (κ3) is 1.37. The minimum atomic E-state index is -1.06. The highest BCUT2D eigenvalue weighted by Gasteiger charge is 2.04. The first-order valence-corrected chi connectivity index (χ1v) is 3.55. The van der Waals surface area contributed by atoms with E-state index in [1.165, 1.54) is 6.07 Å². The van der Waals surface area contributed by atoms with Gasteiger partial charge in [-0.2, -0.15) is 0 Å². The lowest BCUT2D eigenvalue weighted by molar-refractivity contribution is 0.509. The fraction of sp³-hybridized carbons (Fsp3) is 0. The summed E-state index contributed by atoms with van der Waals surface area (Å²) in [6.45, 7) is 0. The molecule has 0 saturated carbocycles. The van der Waals surface area contributed by atoms with Crippen molar-refractivity contribution < 1.29 is 13.2 Å². The zero-order valence-corrected chi connectivity index (χ0v) is 6.37. The van der Waals surface area contributed by atoms with Crippen molar-refractivity contribution in [2.45, 2.75) is 0 Å². The predicted octanol–water partition coefficient (Wildman–Crippen LogP) is 2.86. The average Bonchev–Trinajstić information content (AvgIpc) is 2.08. The van der Waals surface area contributed by atoms with E-state index in [-0.39, 0.29) is 5.39 Å². The molecule has 2 rings (SSSR count). The third-order valence-corrected chi connectivity index (χ3v) is 1.67. The van der Waals surface area contributed by atoms with Crippen molar-refractivity contribution in [3.63, 3.8) is 0 Å². The normalized spacial score (nSPS) is 10.7. The first-order valence-electron chi connectivity index (χ1n) is 3.55. The Hall–Kier alpha value is -1.51. The van der Waals surface area contributed by atoms with Crippen LogP contribution in [0, 0.1) is 29.6 Å². The minimum absolute atomic E-state index is 0.180. The van der Waals surface area contributed by atoms with Gasteiger partial charge >= 0.3 is 0 Å². The largest absolute Gasteiger partial charge is 0.206 e. The lowest BCUT2D eigenvalue weighted by Crippen LogP contribution is -1.85. The van der Waals surface area contributed by atoms with Crippen LogP contribution in [0.25, 0.3) is 10.8 Å². The number of benzene rings is 2. The van der Waals surface area contributed by atoms with Gasteiger partial charge in [0.15, 0.2) is 11.6 Å². The van der Waals surface area contributed by atoms with Crippen LogP contribution in [0.15, 0.2) is 18.2 Å². The molecule has 2 radical (unpaired) electrons. The van der Waals surface area contributed by atoms with Crippen LogP contribution < -0.4 is 0 Å². The molecule has 0 unspecified atom stereocenters. The third-order valence-electron chi connectivity index (χ3n) is 1.67. The van der Waals surface area contributed by atoms with Crippen molar-refractivity contribution in [2.75, 3.05) is 0 Å². The van der Waals surface area contributed by atoms with Gasteiger partial charge in [-0.15, -0.1) is 0 Å². The summed E-state index contributed by atoms with van der Waals surface area (Å²) in [6.07, 6.45) is 0. The Labute approximate surface area is 72.6 Å². The molecule has 0 aliphatic rings. The highest BCUT2D eigenvalue weighted by Crippen LogP contribution is 2.17. The number of fused-ring (bicyclic) bond motifs is 1. The Balaban J connectivity index is 2.81. The topological polar surface area (TPSA) is 0 Å². The molecule has 2 aromatic carbocycles. The molecule has 0 fully saturated rings. The van der Waals surface area contributed by atoms with Crippen molar-refractivity contribution in [2.24, 2.45) is 0 Å². The molecule has 0 spiro atoms. The summed E-state index contributed by atoms with van der Waals surface area (Å²) >= 11 is 0. The van der Waals surface area contributed by atoms with E-state index < -0.39 is 17.5 Å². The Morgan fingerprint density at radius 2 is 1.69 bits per heavy atom. The minimum Gasteiger partial charge on any atom is -0.206 e. The summed E-state index contributed by atoms with van der Waals surface area (Å²) in [6, 6.07) is 7.74. The Kier molecular flexibility index (Phi) is 1.72. The monoisotopic (exact) mass is 180 g/mol. The molecule has 0 N–H and O–H groups in total. The molecule has 0 aliphatic heterocycles. The summed E-state index contributed by atoms with van der Waals surface area (Å²) in [5.74, 6) is -2.71. The molecule has 0 aromatic heterocycles. The zero-order valence-electron chi connectivity index (χ0n) is 6.37. The molecule has 13 heavy (non-hydrogen) atoms. The second kappa shape index (κ2) is 2.76. The van der Waals surface area contributed by atoms with Gasteiger partial charge in [0, 0.05) is 12.1 Å². The predicted molar refractivity (Wildman–Crippen MR) is 41.5 cm³/mol. The van der Waals surface area contributed by atoms with Gasteiger partial charge in [-0.05, 0) is 22.9 Å². The number of halogens is 3. The maximum absolute atomic E-state index is 12.6. The highest BCUT2D eigenvalue weighted by atomic mass is 19.2. The van der Waals surface area contributed by atoms with Crippen LogP contribution in [0.1, 0.15) is 0 Å². The van der Waals surface area contributed by atoms with Crippen molar-refractivity contribution in [3.8, 4) is 0 Å². The van der Waals surface area contributed by atoms with Crippen molar-refractivity contribution in [1.82, 2.24) is 0 Å². The molecule has 64 valence electrons. The standard InChI is InChI=1S/C10H3F3/c11-8-2-1-6-4-9(12)10(13)5-7(6)3-8/h1-2,5H. The Morgan fingerprint density at radius 3 is 2.46 bits per heavy atom. The van der Waals surface area contributed by atoms with Gasteiger partial charge in [0.05, 0.1) is 0 Å². The second-order valence-electron chi connectivity index (χ2n) is 2.56. The maximum Gasteiger partial charge on any atom is 0.167 e. The highest BCUT2D eigenvalue weighted by molar-refractivity contribution is 5.81. The van der Waals surface area contributed by atoms with Crippen LogP contribution in [-0.2, 0) is 0 Å². The van der Waals surface area contributed by atoms with Gasteiger partial charge in [-0.1, -0.05) is 6.07 Å². The molecule has 3 heteroatoms. The fourth-order valence-corrected chi connectivity index (χ4v) is 1.07. The SMILES string of the molecule is Fc1[c]c2cc(F)c(F)[c]c2cc1. The molecular weight excluding hydrogens is 177 g/mol. The molecule has 0 nitrogen and oxygen atoms in total. The van der Waals surface area contributed by atoms with Crippen LogP contribution in [0.2, 0.25) is 0 Å². The summed E-state index contributed by atoms with van der Waals surface area (Å²) in [5, 5.41) is 0.485. The van der Waals surface area contributed by atoms with Crippen LogP contribution in [0.3, 0.4) is 0 Å². The Morgan fingerprint density at radius 1 is 0.923 bits per heavy atom. The van der Waals surface area contributed by atoms with Gasteiger partial charge in [-0.3, -0.25) is 0 Å². The zero-order chi connectivity index (χ0) is 9.42. The van der Waals surface area contributed by atoms with E-state index in [1.807, 2.05) is 0 Å². The molecule has 0 bridgehead atoms. The summed E-state index contributed by atoms with van der Waals surface area (Å²) in [4.78, 5) is 0. The molecule has 0 aliphatic carbocycles. The van der Waals surface area contributed by atoms with Gasteiger partial charge in [0.2, 0.25) is 0 Å². The molecular formula is C10H3F3. The van der Waals surface area contributed by atoms with E-state index in [0.717, 1.165) is 12.1 Å².